The Hall–Kier alpha value is -2.59. The lowest BCUT2D eigenvalue weighted by molar-refractivity contribution is -0.104. The van der Waals surface area contributed by atoms with Gasteiger partial charge < -0.3 is 0 Å². The Labute approximate surface area is 112 Å². The van der Waals surface area contributed by atoms with E-state index in [2.05, 4.69) is 35.7 Å². The molecule has 0 heterocycles. The molecule has 0 saturated heterocycles. The lowest BCUT2D eigenvalue weighted by atomic mass is 10.1. The van der Waals surface area contributed by atoms with E-state index >= 15 is 0 Å². The fourth-order valence-electron chi connectivity index (χ4n) is 2.34. The third kappa shape index (κ3) is 1.88. The fourth-order valence-corrected chi connectivity index (χ4v) is 2.34. The summed E-state index contributed by atoms with van der Waals surface area (Å²) in [6.45, 7) is 1.73. The first-order valence-electron chi connectivity index (χ1n) is 6.18. The molecule has 1 aliphatic rings. The van der Waals surface area contributed by atoms with Crippen molar-refractivity contribution in [1.29, 1.82) is 0 Å². The topological polar surface area (TPSA) is 17.1 Å². The summed E-state index contributed by atoms with van der Waals surface area (Å²) < 4.78 is 0. The van der Waals surface area contributed by atoms with Crippen LogP contribution in [0.2, 0.25) is 0 Å². The number of rotatable bonds is 1. The van der Waals surface area contributed by atoms with Crippen molar-refractivity contribution >= 4 is 11.9 Å². The highest BCUT2D eigenvalue weighted by Gasteiger charge is 2.21. The minimum Gasteiger partial charge on any atom is -0.298 e. The summed E-state index contributed by atoms with van der Waals surface area (Å²) in [5.74, 6) is 0. The van der Waals surface area contributed by atoms with Crippen molar-refractivity contribution in [2.24, 2.45) is 0 Å². The monoisotopic (exact) mass is 244 g/mol. The quantitative estimate of drug-likeness (QED) is 0.359. The summed E-state index contributed by atoms with van der Waals surface area (Å²) in [5, 5.41) is 0. The third-order valence-corrected chi connectivity index (χ3v) is 3.24. The molecule has 2 aromatic rings. The molecule has 3 rings (SSSR count). The summed E-state index contributed by atoms with van der Waals surface area (Å²) in [5.41, 5.74) is 12.3. The average molecular weight is 244 g/mol. The van der Waals surface area contributed by atoms with Gasteiger partial charge in [0.25, 0.3) is 0 Å². The van der Waals surface area contributed by atoms with Crippen LogP contribution in [-0.4, -0.2) is 6.29 Å². The minimum atomic E-state index is 0.550. The number of hydrogen-bond acceptors (Lipinski definition) is 1. The molecule has 0 saturated carbocycles. The Morgan fingerprint density at radius 1 is 0.895 bits per heavy atom. The largest absolute Gasteiger partial charge is 0.298 e. The molecule has 0 aromatic heterocycles. The zero-order valence-corrected chi connectivity index (χ0v) is 10.6. The van der Waals surface area contributed by atoms with Crippen LogP contribution in [0.5, 0.6) is 0 Å². The zero-order chi connectivity index (χ0) is 13.2. The molecule has 19 heavy (non-hydrogen) atoms. The van der Waals surface area contributed by atoms with Crippen LogP contribution in [0.3, 0.4) is 0 Å². The normalized spacial score (nSPS) is 11.1. The zero-order valence-electron chi connectivity index (χ0n) is 10.6. The number of hydrogen-bond donors (Lipinski definition) is 0. The molecule has 0 atom stereocenters. The molecule has 0 N–H and O–H groups in total. The molecule has 0 spiro atoms. The van der Waals surface area contributed by atoms with E-state index < -0.39 is 0 Å². The molecular weight excluding hydrogens is 232 g/mol. The minimum absolute atomic E-state index is 0.550. The molecule has 0 aliphatic heterocycles. The van der Waals surface area contributed by atoms with Crippen LogP contribution in [0.25, 0.3) is 16.7 Å². The second kappa shape index (κ2) is 4.59. The van der Waals surface area contributed by atoms with E-state index in [0.717, 1.165) is 23.0 Å². The number of carbonyl (C=O) groups excluding carboxylic acids is 1. The molecule has 0 radical (unpaired) electrons. The van der Waals surface area contributed by atoms with Crippen LogP contribution in [-0.2, 0) is 4.79 Å². The Kier molecular flexibility index (Phi) is 2.78. The maximum absolute atomic E-state index is 10.7. The van der Waals surface area contributed by atoms with E-state index in [1.165, 1.54) is 11.1 Å². The van der Waals surface area contributed by atoms with Gasteiger partial charge in [-0.3, -0.25) is 4.79 Å². The van der Waals surface area contributed by atoms with Crippen molar-refractivity contribution in [1.82, 2.24) is 0 Å². The fraction of sp³-hybridized carbons (Fsp3) is 0.0556. The maximum Gasteiger partial charge on any atom is 0.154 e. The van der Waals surface area contributed by atoms with Gasteiger partial charge in [0, 0.05) is 11.1 Å². The van der Waals surface area contributed by atoms with Gasteiger partial charge in [-0.25, -0.2) is 0 Å². The summed E-state index contributed by atoms with van der Waals surface area (Å²) in [4.78, 5) is 10.7. The standard InChI is InChI=1S/C18H12O/c1-13(12-19)10-11-18-16-8-4-2-6-14(16)15-7-3-5-9-17(15)18/h2-9,12H,1H3. The lowest BCUT2D eigenvalue weighted by Gasteiger charge is -1.97. The van der Waals surface area contributed by atoms with Crippen LogP contribution in [0.1, 0.15) is 18.1 Å². The van der Waals surface area contributed by atoms with Gasteiger partial charge in [0.15, 0.2) is 6.29 Å². The maximum atomic E-state index is 10.7. The Bertz CT molecular complexity index is 720. The second-order valence-electron chi connectivity index (χ2n) is 4.52. The number of carbonyl (C=O) groups is 1. The third-order valence-electron chi connectivity index (χ3n) is 3.24. The van der Waals surface area contributed by atoms with Crippen LogP contribution in [0, 0.1) is 0 Å². The Morgan fingerprint density at radius 3 is 1.84 bits per heavy atom. The van der Waals surface area contributed by atoms with Gasteiger partial charge in [0.05, 0.1) is 0 Å². The highest BCUT2D eigenvalue weighted by Crippen LogP contribution is 2.43. The number of allylic oxidation sites excluding steroid dienone is 1. The molecule has 0 unspecified atom stereocenters. The second-order valence-corrected chi connectivity index (χ2v) is 4.52. The lowest BCUT2D eigenvalue weighted by Crippen LogP contribution is -1.78. The molecule has 0 fully saturated rings. The molecule has 1 heteroatoms. The number of benzene rings is 2. The first-order chi connectivity index (χ1) is 9.31. The first kappa shape index (κ1) is 11.5. The number of aldehydes is 1. The summed E-state index contributed by atoms with van der Waals surface area (Å²) >= 11 is 0. The van der Waals surface area contributed by atoms with Crippen molar-refractivity contribution in [3.8, 4) is 11.1 Å². The van der Waals surface area contributed by atoms with Crippen LogP contribution in [0.4, 0.5) is 0 Å². The van der Waals surface area contributed by atoms with E-state index in [0.29, 0.717) is 5.57 Å². The molecular formula is C18H12O. The summed E-state index contributed by atoms with van der Waals surface area (Å²) in [6, 6.07) is 16.5. The van der Waals surface area contributed by atoms with Gasteiger partial charge >= 0.3 is 0 Å². The smallest absolute Gasteiger partial charge is 0.154 e. The molecule has 1 nitrogen and oxygen atoms in total. The molecule has 2 aromatic carbocycles. The van der Waals surface area contributed by atoms with Gasteiger partial charge in [-0.15, -0.1) is 0 Å². The van der Waals surface area contributed by atoms with Gasteiger partial charge in [0.2, 0.25) is 0 Å². The van der Waals surface area contributed by atoms with Crippen molar-refractivity contribution in [3.63, 3.8) is 0 Å². The van der Waals surface area contributed by atoms with Gasteiger partial charge in [0.1, 0.15) is 0 Å². The molecule has 0 amide bonds. The van der Waals surface area contributed by atoms with E-state index in [1.54, 1.807) is 6.92 Å². The SMILES string of the molecule is CC(=C=C=C1c2ccccc2-c2ccccc21)C=O. The van der Waals surface area contributed by atoms with Crippen LogP contribution < -0.4 is 0 Å². The van der Waals surface area contributed by atoms with Crippen LogP contribution >= 0.6 is 0 Å². The predicted molar refractivity (Wildman–Crippen MR) is 76.7 cm³/mol. The van der Waals surface area contributed by atoms with E-state index in [-0.39, 0.29) is 0 Å². The van der Waals surface area contributed by atoms with Crippen molar-refractivity contribution < 1.29 is 4.79 Å². The number of fused-ring (bicyclic) bond motifs is 3. The van der Waals surface area contributed by atoms with Crippen LogP contribution in [0.15, 0.2) is 65.6 Å². The van der Waals surface area contributed by atoms with Gasteiger partial charge in [-0.1, -0.05) is 60.0 Å². The summed E-state index contributed by atoms with van der Waals surface area (Å²) in [6.07, 6.45) is 0.792. The van der Waals surface area contributed by atoms with Crippen molar-refractivity contribution in [2.45, 2.75) is 6.92 Å². The van der Waals surface area contributed by atoms with Crippen molar-refractivity contribution in [3.05, 3.63) is 76.7 Å². The Morgan fingerprint density at radius 2 is 1.37 bits per heavy atom. The van der Waals surface area contributed by atoms with E-state index in [9.17, 15) is 4.79 Å². The Balaban J connectivity index is 2.39. The van der Waals surface area contributed by atoms with Gasteiger partial charge in [-0.05, 0) is 29.2 Å². The van der Waals surface area contributed by atoms with E-state index in [1.807, 2.05) is 24.3 Å². The predicted octanol–water partition coefficient (Wildman–Crippen LogP) is 4.00. The van der Waals surface area contributed by atoms with Gasteiger partial charge in [-0.2, -0.15) is 0 Å². The highest BCUT2D eigenvalue weighted by molar-refractivity contribution is 6.00. The average Bonchev–Trinajstić information content (AvgIpc) is 2.79. The first-order valence-corrected chi connectivity index (χ1v) is 6.18. The van der Waals surface area contributed by atoms with Crippen molar-refractivity contribution in [2.75, 3.05) is 0 Å². The summed E-state index contributed by atoms with van der Waals surface area (Å²) in [7, 11) is 0. The molecule has 0 bridgehead atoms. The molecule has 1 aliphatic carbocycles. The highest BCUT2D eigenvalue weighted by atomic mass is 16.1. The van der Waals surface area contributed by atoms with E-state index in [4.69, 9.17) is 0 Å². The molecule has 90 valence electrons.